The Hall–Kier alpha value is -4.45. The number of carbonyl (C=O) groups excluding carboxylic acids is 2. The third kappa shape index (κ3) is 7.50. The molecule has 2 amide bonds. The number of aliphatic hydroxyl groups is 2. The summed E-state index contributed by atoms with van der Waals surface area (Å²) in [6.07, 6.45) is 4.09. The number of carbonyl (C=O) groups is 2. The van der Waals surface area contributed by atoms with E-state index in [1.54, 1.807) is 49.9 Å². The third-order valence-corrected chi connectivity index (χ3v) is 6.59. The van der Waals surface area contributed by atoms with E-state index in [0.717, 1.165) is 0 Å². The normalized spacial score (nSPS) is 20.7. The summed E-state index contributed by atoms with van der Waals surface area (Å²) in [6, 6.07) is 4.78. The van der Waals surface area contributed by atoms with Crippen LogP contribution in [0.2, 0.25) is 0 Å². The Morgan fingerprint density at radius 2 is 1.93 bits per heavy atom. The van der Waals surface area contributed by atoms with E-state index in [9.17, 15) is 19.8 Å². The minimum atomic E-state index is -1.30. The van der Waals surface area contributed by atoms with Crippen LogP contribution < -0.4 is 20.3 Å². The molecule has 2 unspecified atom stereocenters. The predicted octanol–water partition coefficient (Wildman–Crippen LogP) is 0.776. The van der Waals surface area contributed by atoms with E-state index in [4.69, 9.17) is 20.6 Å². The Kier molecular flexibility index (Phi) is 9.70. The first-order valence-corrected chi connectivity index (χ1v) is 13.7. The molecule has 3 aromatic rings. The summed E-state index contributed by atoms with van der Waals surface area (Å²) >= 11 is 0. The number of alkyl carbamates (subject to hydrolysis) is 1. The van der Waals surface area contributed by atoms with Crippen LogP contribution in [0.25, 0.3) is 11.2 Å². The SMILES string of the molecule is C#CCOc1ccc(CC(NC(=O)OC(C)(C)C)C(=O)NC2[C@@H](CO)O[C@@H](n3cnc4c(N(C)C)ncnc43)[C@H]2O)cc1. The first-order valence-electron chi connectivity index (χ1n) is 13.7. The topological polar surface area (TPSA) is 173 Å². The van der Waals surface area contributed by atoms with Crippen LogP contribution in [0.1, 0.15) is 32.6 Å². The average molecular weight is 596 g/mol. The number of hydrogen-bond donors (Lipinski definition) is 4. The van der Waals surface area contributed by atoms with Crippen molar-refractivity contribution in [3.63, 3.8) is 0 Å². The third-order valence-electron chi connectivity index (χ3n) is 6.59. The molecule has 4 N–H and O–H groups in total. The summed E-state index contributed by atoms with van der Waals surface area (Å²) in [4.78, 5) is 41.0. The zero-order valence-electron chi connectivity index (χ0n) is 24.7. The van der Waals surface area contributed by atoms with E-state index in [1.165, 1.54) is 17.2 Å². The Balaban J connectivity index is 1.55. The number of rotatable bonds is 10. The van der Waals surface area contributed by atoms with Gasteiger partial charge in [0.15, 0.2) is 23.2 Å². The largest absolute Gasteiger partial charge is 0.481 e. The molecule has 2 aromatic heterocycles. The van der Waals surface area contributed by atoms with E-state index in [0.29, 0.717) is 28.3 Å². The van der Waals surface area contributed by atoms with E-state index in [1.807, 2.05) is 14.1 Å². The van der Waals surface area contributed by atoms with Crippen LogP contribution in [0.4, 0.5) is 10.6 Å². The van der Waals surface area contributed by atoms with Crippen LogP contribution in [-0.4, -0.2) is 98.9 Å². The van der Waals surface area contributed by atoms with Gasteiger partial charge in [-0.15, -0.1) is 6.42 Å². The van der Waals surface area contributed by atoms with Crippen LogP contribution in [0.15, 0.2) is 36.9 Å². The molecule has 1 aliphatic rings. The van der Waals surface area contributed by atoms with Crippen molar-refractivity contribution < 1.29 is 34.0 Å². The molecule has 1 fully saturated rings. The zero-order chi connectivity index (χ0) is 31.3. The summed E-state index contributed by atoms with van der Waals surface area (Å²) in [5.41, 5.74) is 0.819. The molecule has 0 bridgehead atoms. The molecule has 0 radical (unpaired) electrons. The highest BCUT2D eigenvalue weighted by molar-refractivity contribution is 5.86. The molecule has 43 heavy (non-hydrogen) atoms. The number of imidazole rings is 1. The molecule has 0 spiro atoms. The number of aromatic nitrogens is 4. The van der Waals surface area contributed by atoms with Crippen molar-refractivity contribution in [2.24, 2.45) is 0 Å². The van der Waals surface area contributed by atoms with Crippen molar-refractivity contribution in [2.45, 2.75) is 63.3 Å². The van der Waals surface area contributed by atoms with Crippen LogP contribution in [0, 0.1) is 12.3 Å². The molecule has 0 saturated carbocycles. The van der Waals surface area contributed by atoms with Gasteiger partial charge >= 0.3 is 6.09 Å². The average Bonchev–Trinajstić information content (AvgIpc) is 3.51. The quantitative estimate of drug-likeness (QED) is 0.244. The molecule has 5 atom stereocenters. The lowest BCUT2D eigenvalue weighted by atomic mass is 10.0. The lowest BCUT2D eigenvalue weighted by Crippen LogP contribution is -2.56. The Labute approximate surface area is 249 Å². The van der Waals surface area contributed by atoms with Gasteiger partial charge in [-0.25, -0.2) is 19.7 Å². The van der Waals surface area contributed by atoms with Crippen molar-refractivity contribution in [2.75, 3.05) is 32.2 Å². The molecular formula is C29H37N7O7. The van der Waals surface area contributed by atoms with Crippen LogP contribution in [0.3, 0.4) is 0 Å². The fourth-order valence-electron chi connectivity index (χ4n) is 4.67. The highest BCUT2D eigenvalue weighted by Gasteiger charge is 2.46. The zero-order valence-corrected chi connectivity index (χ0v) is 24.7. The smallest absolute Gasteiger partial charge is 0.408 e. The monoisotopic (exact) mass is 595 g/mol. The van der Waals surface area contributed by atoms with Crippen molar-refractivity contribution in [3.05, 3.63) is 42.5 Å². The number of nitrogens with zero attached hydrogens (tertiary/aromatic N) is 5. The fraction of sp³-hybridized carbons (Fsp3) is 0.483. The van der Waals surface area contributed by atoms with Gasteiger partial charge < -0.3 is 40.0 Å². The van der Waals surface area contributed by atoms with Gasteiger partial charge in [0.2, 0.25) is 5.91 Å². The Morgan fingerprint density at radius 3 is 2.56 bits per heavy atom. The standard InChI is InChI=1S/C29H37N7O7/c1-7-12-41-18-10-8-17(9-11-18)13-19(33-28(40)43-29(2,3)4)26(39)34-21-20(14-37)42-27(23(21)38)36-16-32-22-24(35(5)6)30-15-31-25(22)36/h1,8-11,15-16,19-21,23,27,37-38H,12-14H2,2-6H3,(H,33,40)(H,34,39)/t19?,20-,21?,23+,27-/m1/s1. The van der Waals surface area contributed by atoms with E-state index < -0.39 is 54.7 Å². The molecule has 14 nitrogen and oxygen atoms in total. The number of terminal acetylenes is 1. The lowest BCUT2D eigenvalue weighted by molar-refractivity contribution is -0.125. The van der Waals surface area contributed by atoms with Crippen molar-refractivity contribution in [1.29, 1.82) is 0 Å². The van der Waals surface area contributed by atoms with E-state index >= 15 is 0 Å². The molecule has 14 heteroatoms. The van der Waals surface area contributed by atoms with Gasteiger partial charge in [-0.3, -0.25) is 9.36 Å². The number of amides is 2. The maximum Gasteiger partial charge on any atom is 0.408 e. The molecule has 0 aliphatic carbocycles. The van der Waals surface area contributed by atoms with Crippen LogP contribution in [0.5, 0.6) is 5.75 Å². The molecular weight excluding hydrogens is 558 g/mol. The van der Waals surface area contributed by atoms with Gasteiger partial charge in [0.25, 0.3) is 0 Å². The molecule has 230 valence electrons. The predicted molar refractivity (Wildman–Crippen MR) is 156 cm³/mol. The summed E-state index contributed by atoms with van der Waals surface area (Å²) < 4.78 is 18.3. The van der Waals surface area contributed by atoms with E-state index in [-0.39, 0.29) is 13.0 Å². The number of nitrogens with one attached hydrogen (secondary N) is 2. The molecule has 4 rings (SSSR count). The first-order chi connectivity index (χ1) is 20.4. The second-order valence-corrected chi connectivity index (χ2v) is 11.2. The summed E-state index contributed by atoms with van der Waals surface area (Å²) in [5, 5.41) is 26.8. The maximum atomic E-state index is 13.6. The van der Waals surface area contributed by atoms with Gasteiger partial charge in [0.05, 0.1) is 19.0 Å². The number of hydrogen-bond acceptors (Lipinski definition) is 11. The number of anilines is 1. The Bertz CT molecular complexity index is 1460. The first kappa shape index (κ1) is 31.5. The number of benzene rings is 1. The highest BCUT2D eigenvalue weighted by Crippen LogP contribution is 2.32. The van der Waals surface area contributed by atoms with E-state index in [2.05, 4.69) is 31.5 Å². The van der Waals surface area contributed by atoms with Crippen molar-refractivity contribution >= 4 is 29.0 Å². The summed E-state index contributed by atoms with van der Waals surface area (Å²) in [7, 11) is 3.64. The number of ether oxygens (including phenoxy) is 3. The van der Waals surface area contributed by atoms with Gasteiger partial charge in [0, 0.05) is 20.5 Å². The molecule has 1 aliphatic heterocycles. The van der Waals surface area contributed by atoms with Crippen molar-refractivity contribution in [3.8, 4) is 18.1 Å². The maximum absolute atomic E-state index is 13.6. The molecule has 1 saturated heterocycles. The highest BCUT2D eigenvalue weighted by atomic mass is 16.6. The number of aliphatic hydroxyl groups excluding tert-OH is 2. The summed E-state index contributed by atoms with van der Waals surface area (Å²) in [6.45, 7) is 4.75. The lowest BCUT2D eigenvalue weighted by Gasteiger charge is -2.26. The summed E-state index contributed by atoms with van der Waals surface area (Å²) in [5.74, 6) is 2.91. The molecule has 1 aromatic carbocycles. The van der Waals surface area contributed by atoms with Gasteiger partial charge in [-0.1, -0.05) is 18.1 Å². The van der Waals surface area contributed by atoms with Crippen molar-refractivity contribution in [1.82, 2.24) is 30.2 Å². The second-order valence-electron chi connectivity index (χ2n) is 11.2. The van der Waals surface area contributed by atoms with Crippen LogP contribution >= 0.6 is 0 Å². The number of fused-ring (bicyclic) bond motifs is 1. The minimum Gasteiger partial charge on any atom is -0.481 e. The Morgan fingerprint density at radius 1 is 1.21 bits per heavy atom. The van der Waals surface area contributed by atoms with Crippen LogP contribution in [-0.2, 0) is 20.7 Å². The molecule has 3 heterocycles. The minimum absolute atomic E-state index is 0.0910. The van der Waals surface area contributed by atoms with Gasteiger partial charge in [0.1, 0.15) is 42.5 Å². The fourth-order valence-corrected chi connectivity index (χ4v) is 4.67. The van der Waals surface area contributed by atoms with Gasteiger partial charge in [-0.05, 0) is 38.5 Å². The van der Waals surface area contributed by atoms with Gasteiger partial charge in [-0.2, -0.15) is 0 Å². The second kappa shape index (κ2) is 13.2.